The van der Waals surface area contributed by atoms with Gasteiger partial charge < -0.3 is 10.1 Å². The van der Waals surface area contributed by atoms with E-state index < -0.39 is 15.9 Å². The summed E-state index contributed by atoms with van der Waals surface area (Å²) in [5.41, 5.74) is 3.63. The van der Waals surface area contributed by atoms with Gasteiger partial charge in [0.1, 0.15) is 15.5 Å². The third-order valence-corrected chi connectivity index (χ3v) is 8.08. The number of benzene rings is 2. The van der Waals surface area contributed by atoms with Gasteiger partial charge in [0.05, 0.1) is 12.8 Å². The van der Waals surface area contributed by atoms with E-state index in [0.717, 1.165) is 22.5 Å². The summed E-state index contributed by atoms with van der Waals surface area (Å²) in [6, 6.07) is 14.8. The van der Waals surface area contributed by atoms with E-state index in [4.69, 9.17) is 4.74 Å². The van der Waals surface area contributed by atoms with Crippen LogP contribution in [0.2, 0.25) is 0 Å². The Bertz CT molecular complexity index is 1200. The average molecular weight is 443 g/mol. The normalized spacial score (nSPS) is 14.2. The molecule has 0 spiro atoms. The molecule has 0 aliphatic carbocycles. The van der Waals surface area contributed by atoms with Crippen LogP contribution in [0.3, 0.4) is 0 Å². The zero-order valence-electron chi connectivity index (χ0n) is 16.7. The molecule has 0 saturated carbocycles. The number of ether oxygens (including phenoxy) is 1. The molecule has 0 unspecified atom stereocenters. The van der Waals surface area contributed by atoms with Crippen LogP contribution in [0.5, 0.6) is 5.75 Å². The zero-order chi connectivity index (χ0) is 21.3. The number of hydrogen-bond acceptors (Lipinski definition) is 5. The van der Waals surface area contributed by atoms with Gasteiger partial charge in [-0.05, 0) is 53.6 Å². The number of thiophene rings is 1. The molecule has 0 bridgehead atoms. The highest BCUT2D eigenvalue weighted by atomic mass is 32.2. The Morgan fingerprint density at radius 1 is 1.13 bits per heavy atom. The summed E-state index contributed by atoms with van der Waals surface area (Å²) in [7, 11) is -2.28. The number of hydrogen-bond donors (Lipinski definition) is 1. The molecule has 2 aromatic carbocycles. The summed E-state index contributed by atoms with van der Waals surface area (Å²) < 4.78 is 33.4. The van der Waals surface area contributed by atoms with Crippen molar-refractivity contribution in [3.63, 3.8) is 0 Å². The molecule has 156 valence electrons. The molecule has 3 aromatic rings. The number of fused-ring (bicyclic) bond motifs is 1. The Balaban J connectivity index is 1.61. The third-order valence-electron chi connectivity index (χ3n) is 5.15. The molecule has 0 saturated heterocycles. The molecular weight excluding hydrogens is 420 g/mol. The summed E-state index contributed by atoms with van der Waals surface area (Å²) in [6.07, 6.45) is 0.654. The average Bonchev–Trinajstić information content (AvgIpc) is 3.24. The van der Waals surface area contributed by atoms with Crippen LogP contribution in [0, 0.1) is 6.92 Å². The second kappa shape index (κ2) is 8.22. The van der Waals surface area contributed by atoms with Crippen LogP contribution in [-0.4, -0.2) is 32.3 Å². The number of methoxy groups -OCH3 is 1. The Kier molecular flexibility index (Phi) is 5.64. The molecule has 8 heteroatoms. The molecule has 1 aliphatic heterocycles. The first-order valence-corrected chi connectivity index (χ1v) is 11.8. The number of carbonyl (C=O) groups is 1. The maximum Gasteiger partial charge on any atom is 0.267 e. The second-order valence-corrected chi connectivity index (χ2v) is 9.95. The van der Waals surface area contributed by atoms with Gasteiger partial charge in [-0.3, -0.25) is 4.79 Å². The van der Waals surface area contributed by atoms with Crippen molar-refractivity contribution in [1.82, 2.24) is 4.31 Å². The molecule has 0 atom stereocenters. The van der Waals surface area contributed by atoms with Crippen molar-refractivity contribution in [2.24, 2.45) is 0 Å². The minimum Gasteiger partial charge on any atom is -0.495 e. The standard InChI is InChI=1S/C22H22N2O4S2/c1-15-7-8-19(28-2)18(13-15)23-22(25)21-20(10-12-29-21)30(26,27)24-11-9-16-5-3-4-6-17(16)14-24/h3-8,10,12-13H,9,11,14H2,1-2H3,(H,23,25). The highest BCUT2D eigenvalue weighted by Crippen LogP contribution is 2.31. The van der Waals surface area contributed by atoms with Crippen molar-refractivity contribution in [3.05, 3.63) is 75.5 Å². The van der Waals surface area contributed by atoms with Gasteiger partial charge in [-0.2, -0.15) is 4.31 Å². The van der Waals surface area contributed by atoms with E-state index in [1.165, 1.54) is 23.0 Å². The lowest BCUT2D eigenvalue weighted by Crippen LogP contribution is -2.36. The number of rotatable bonds is 5. The molecule has 4 rings (SSSR count). The van der Waals surface area contributed by atoms with Crippen LogP contribution in [0.15, 0.2) is 58.8 Å². The van der Waals surface area contributed by atoms with Gasteiger partial charge in [-0.1, -0.05) is 30.3 Å². The van der Waals surface area contributed by atoms with Gasteiger partial charge in [-0.15, -0.1) is 11.3 Å². The highest BCUT2D eigenvalue weighted by molar-refractivity contribution is 7.89. The van der Waals surface area contributed by atoms with E-state index in [-0.39, 0.29) is 9.77 Å². The summed E-state index contributed by atoms with van der Waals surface area (Å²) in [5.74, 6) is 0.0486. The van der Waals surface area contributed by atoms with E-state index >= 15 is 0 Å². The summed E-state index contributed by atoms with van der Waals surface area (Å²) in [6.45, 7) is 2.60. The van der Waals surface area contributed by atoms with Gasteiger partial charge in [0.2, 0.25) is 10.0 Å². The smallest absolute Gasteiger partial charge is 0.267 e. The Hall–Kier alpha value is -2.68. The second-order valence-electron chi connectivity index (χ2n) is 7.13. The first kappa shape index (κ1) is 20.6. The van der Waals surface area contributed by atoms with Crippen LogP contribution >= 0.6 is 11.3 Å². The SMILES string of the molecule is COc1ccc(C)cc1NC(=O)c1sccc1S(=O)(=O)N1CCc2ccccc2C1. The number of amides is 1. The van der Waals surface area contributed by atoms with E-state index in [0.29, 0.717) is 30.9 Å². The van der Waals surface area contributed by atoms with E-state index in [1.807, 2.05) is 37.3 Å². The quantitative estimate of drug-likeness (QED) is 0.646. The molecule has 1 aliphatic rings. The highest BCUT2D eigenvalue weighted by Gasteiger charge is 2.32. The topological polar surface area (TPSA) is 75.7 Å². The molecule has 1 N–H and O–H groups in total. The maximum absolute atomic E-state index is 13.3. The first-order valence-electron chi connectivity index (χ1n) is 9.50. The van der Waals surface area contributed by atoms with Gasteiger partial charge in [0, 0.05) is 13.1 Å². The van der Waals surface area contributed by atoms with Crippen molar-refractivity contribution in [2.45, 2.75) is 24.8 Å². The number of carbonyl (C=O) groups excluding carboxylic acids is 1. The van der Waals surface area contributed by atoms with Crippen molar-refractivity contribution in [1.29, 1.82) is 0 Å². The Labute approximate surface area is 180 Å². The fourth-order valence-corrected chi connectivity index (χ4v) is 6.29. The van der Waals surface area contributed by atoms with Crippen LogP contribution < -0.4 is 10.1 Å². The lowest BCUT2D eigenvalue weighted by atomic mass is 10.0. The van der Waals surface area contributed by atoms with Gasteiger partial charge in [-0.25, -0.2) is 8.42 Å². The monoisotopic (exact) mass is 442 g/mol. The fraction of sp³-hybridized carbons (Fsp3) is 0.227. The predicted octanol–water partition coefficient (Wildman–Crippen LogP) is 4.06. The minimum atomic E-state index is -3.80. The first-order chi connectivity index (χ1) is 14.4. The van der Waals surface area contributed by atoms with Crippen molar-refractivity contribution >= 4 is 33.0 Å². The number of nitrogens with one attached hydrogen (secondary N) is 1. The summed E-state index contributed by atoms with van der Waals surface area (Å²) >= 11 is 1.11. The van der Waals surface area contributed by atoms with Crippen LogP contribution in [-0.2, 0) is 23.0 Å². The predicted molar refractivity (Wildman–Crippen MR) is 118 cm³/mol. The van der Waals surface area contributed by atoms with E-state index in [2.05, 4.69) is 5.32 Å². The molecular formula is C22H22N2O4S2. The van der Waals surface area contributed by atoms with Crippen LogP contribution in [0.25, 0.3) is 0 Å². The molecule has 1 amide bonds. The van der Waals surface area contributed by atoms with Gasteiger partial charge >= 0.3 is 0 Å². The molecule has 0 fully saturated rings. The largest absolute Gasteiger partial charge is 0.495 e. The summed E-state index contributed by atoms with van der Waals surface area (Å²) in [4.78, 5) is 13.2. The Morgan fingerprint density at radius 2 is 1.90 bits per heavy atom. The number of nitrogens with zero attached hydrogens (tertiary/aromatic N) is 1. The van der Waals surface area contributed by atoms with Crippen molar-refractivity contribution < 1.29 is 17.9 Å². The number of aryl methyl sites for hydroxylation is 1. The van der Waals surface area contributed by atoms with Crippen LogP contribution in [0.4, 0.5) is 5.69 Å². The molecule has 6 nitrogen and oxygen atoms in total. The number of anilines is 1. The molecule has 0 radical (unpaired) electrons. The number of sulfonamides is 1. The zero-order valence-corrected chi connectivity index (χ0v) is 18.3. The fourth-order valence-electron chi connectivity index (χ4n) is 3.58. The third kappa shape index (κ3) is 3.86. The Morgan fingerprint density at radius 3 is 2.67 bits per heavy atom. The van der Waals surface area contributed by atoms with E-state index in [1.54, 1.807) is 17.5 Å². The molecule has 30 heavy (non-hydrogen) atoms. The molecule has 2 heterocycles. The minimum absolute atomic E-state index is 0.0380. The summed E-state index contributed by atoms with van der Waals surface area (Å²) in [5, 5.41) is 4.43. The van der Waals surface area contributed by atoms with Gasteiger partial charge in [0.15, 0.2) is 0 Å². The van der Waals surface area contributed by atoms with Gasteiger partial charge in [0.25, 0.3) is 5.91 Å². The lowest BCUT2D eigenvalue weighted by molar-refractivity contribution is 0.102. The van der Waals surface area contributed by atoms with Crippen molar-refractivity contribution in [2.75, 3.05) is 19.0 Å². The van der Waals surface area contributed by atoms with Crippen molar-refractivity contribution in [3.8, 4) is 5.75 Å². The molecule has 1 aromatic heterocycles. The van der Waals surface area contributed by atoms with E-state index in [9.17, 15) is 13.2 Å². The van der Waals surface area contributed by atoms with Crippen LogP contribution in [0.1, 0.15) is 26.4 Å². The maximum atomic E-state index is 13.3. The lowest BCUT2D eigenvalue weighted by Gasteiger charge is -2.28.